The number of thiocarbonyl (C=S) groups is 1. The number of thioether (sulfide) groups is 1. The van der Waals surface area contributed by atoms with Crippen molar-refractivity contribution in [2.45, 2.75) is 24.7 Å². The summed E-state index contributed by atoms with van der Waals surface area (Å²) in [5, 5.41) is 9.74. The van der Waals surface area contributed by atoms with E-state index in [9.17, 15) is 4.79 Å². The molecule has 3 aromatic carbocycles. The van der Waals surface area contributed by atoms with Crippen molar-refractivity contribution in [1.82, 2.24) is 0 Å². The van der Waals surface area contributed by atoms with Crippen LogP contribution in [-0.4, -0.2) is 23.4 Å². The van der Waals surface area contributed by atoms with Crippen molar-refractivity contribution in [2.75, 3.05) is 28.3 Å². The van der Waals surface area contributed by atoms with E-state index in [1.807, 2.05) is 78.9 Å². The molecule has 0 unspecified atom stereocenters. The zero-order chi connectivity index (χ0) is 22.6. The molecule has 0 saturated carbocycles. The van der Waals surface area contributed by atoms with Crippen LogP contribution < -0.4 is 20.7 Å². The van der Waals surface area contributed by atoms with E-state index in [1.54, 1.807) is 0 Å². The monoisotopic (exact) mass is 465 g/mol. The molecule has 0 bridgehead atoms. The average molecular weight is 466 g/mol. The van der Waals surface area contributed by atoms with Crippen LogP contribution in [-0.2, 0) is 4.79 Å². The largest absolute Gasteiger partial charge is 0.494 e. The predicted molar refractivity (Wildman–Crippen MR) is 139 cm³/mol. The van der Waals surface area contributed by atoms with Gasteiger partial charge in [-0.05, 0) is 79.3 Å². The summed E-state index contributed by atoms with van der Waals surface area (Å²) < 4.78 is 5.64. The molecule has 32 heavy (non-hydrogen) atoms. The summed E-state index contributed by atoms with van der Waals surface area (Å²) in [6, 6.07) is 25.0. The van der Waals surface area contributed by atoms with Crippen LogP contribution in [0.1, 0.15) is 19.8 Å². The van der Waals surface area contributed by atoms with E-state index >= 15 is 0 Å². The van der Waals surface area contributed by atoms with Gasteiger partial charge in [0, 0.05) is 22.0 Å². The number of rotatable bonds is 10. The van der Waals surface area contributed by atoms with E-state index in [4.69, 9.17) is 17.0 Å². The molecule has 0 aliphatic carbocycles. The topological polar surface area (TPSA) is 62.4 Å². The van der Waals surface area contributed by atoms with Crippen LogP contribution in [0, 0.1) is 0 Å². The molecule has 3 N–H and O–H groups in total. The number of carbonyl (C=O) groups is 1. The van der Waals surface area contributed by atoms with Gasteiger partial charge in [0.05, 0.1) is 12.4 Å². The van der Waals surface area contributed by atoms with Crippen LogP contribution in [0.2, 0.25) is 0 Å². The number of nitrogens with one attached hydrogen (secondary N) is 3. The highest BCUT2D eigenvalue weighted by molar-refractivity contribution is 8.00. The Hall–Kier alpha value is -3.03. The van der Waals surface area contributed by atoms with Crippen molar-refractivity contribution >= 4 is 52.1 Å². The number of carbonyl (C=O) groups excluding carboxylic acids is 1. The maximum Gasteiger partial charge on any atom is 0.234 e. The number of anilines is 3. The van der Waals surface area contributed by atoms with Gasteiger partial charge >= 0.3 is 0 Å². The fraction of sp³-hybridized carbons (Fsp3) is 0.200. The van der Waals surface area contributed by atoms with Crippen LogP contribution in [0.25, 0.3) is 0 Å². The van der Waals surface area contributed by atoms with Gasteiger partial charge in [-0.3, -0.25) is 4.79 Å². The van der Waals surface area contributed by atoms with Gasteiger partial charge in [-0.15, -0.1) is 11.8 Å². The number of amides is 1. The highest BCUT2D eigenvalue weighted by atomic mass is 32.2. The van der Waals surface area contributed by atoms with Gasteiger partial charge in [0.15, 0.2) is 5.11 Å². The lowest BCUT2D eigenvalue weighted by Crippen LogP contribution is -2.18. The number of hydrogen-bond donors (Lipinski definition) is 3. The van der Waals surface area contributed by atoms with E-state index in [1.165, 1.54) is 11.8 Å². The molecule has 1 amide bonds. The second kappa shape index (κ2) is 12.7. The third-order valence-corrected chi connectivity index (χ3v) is 5.63. The van der Waals surface area contributed by atoms with Crippen LogP contribution in [0.3, 0.4) is 0 Å². The molecule has 3 aromatic rings. The molecule has 166 valence electrons. The lowest BCUT2D eigenvalue weighted by atomic mass is 10.3. The van der Waals surface area contributed by atoms with Crippen molar-refractivity contribution in [3.63, 3.8) is 0 Å². The Morgan fingerprint density at radius 2 is 1.44 bits per heavy atom. The molecule has 0 aliphatic heterocycles. The molecule has 0 aromatic heterocycles. The molecule has 0 fully saturated rings. The maximum absolute atomic E-state index is 12.3. The number of hydrogen-bond acceptors (Lipinski definition) is 4. The smallest absolute Gasteiger partial charge is 0.234 e. The third kappa shape index (κ3) is 8.24. The van der Waals surface area contributed by atoms with Crippen LogP contribution in [0.4, 0.5) is 17.1 Å². The Bertz CT molecular complexity index is 994. The van der Waals surface area contributed by atoms with Crippen LogP contribution in [0.15, 0.2) is 83.8 Å². The summed E-state index contributed by atoms with van der Waals surface area (Å²) in [4.78, 5) is 13.3. The van der Waals surface area contributed by atoms with Crippen LogP contribution in [0.5, 0.6) is 5.75 Å². The number of unbranched alkanes of at least 4 members (excludes halogenated alkanes) is 1. The first-order chi connectivity index (χ1) is 15.6. The van der Waals surface area contributed by atoms with Gasteiger partial charge in [-0.1, -0.05) is 31.5 Å². The lowest BCUT2D eigenvalue weighted by Gasteiger charge is -2.11. The first kappa shape index (κ1) is 23.6. The second-order valence-corrected chi connectivity index (χ2v) is 8.49. The molecule has 0 heterocycles. The van der Waals surface area contributed by atoms with Gasteiger partial charge in [-0.25, -0.2) is 0 Å². The molecule has 0 saturated heterocycles. The molecule has 3 rings (SSSR count). The van der Waals surface area contributed by atoms with E-state index in [-0.39, 0.29) is 5.91 Å². The van der Waals surface area contributed by atoms with Gasteiger partial charge in [0.2, 0.25) is 5.91 Å². The predicted octanol–water partition coefficient (Wildman–Crippen LogP) is 6.41. The summed E-state index contributed by atoms with van der Waals surface area (Å²) >= 11 is 6.83. The first-order valence-electron chi connectivity index (χ1n) is 10.5. The fourth-order valence-electron chi connectivity index (χ4n) is 2.76. The van der Waals surface area contributed by atoms with Gasteiger partial charge < -0.3 is 20.7 Å². The summed E-state index contributed by atoms with van der Waals surface area (Å²) in [6.07, 6.45) is 2.13. The quantitative estimate of drug-likeness (QED) is 0.183. The third-order valence-electron chi connectivity index (χ3n) is 4.42. The average Bonchev–Trinajstić information content (AvgIpc) is 2.80. The van der Waals surface area contributed by atoms with Gasteiger partial charge in [0.1, 0.15) is 5.75 Å². The lowest BCUT2D eigenvalue weighted by molar-refractivity contribution is -0.113. The van der Waals surface area contributed by atoms with Gasteiger partial charge in [0.25, 0.3) is 0 Å². The Labute approximate surface area is 199 Å². The number of ether oxygens (including phenoxy) is 1. The molecule has 0 atom stereocenters. The normalized spacial score (nSPS) is 10.3. The van der Waals surface area contributed by atoms with Crippen molar-refractivity contribution in [3.05, 3.63) is 78.9 Å². The summed E-state index contributed by atoms with van der Waals surface area (Å²) in [6.45, 7) is 2.84. The fourth-order valence-corrected chi connectivity index (χ4v) is 3.70. The minimum absolute atomic E-state index is 0.0508. The molecular weight excluding hydrogens is 438 g/mol. The Morgan fingerprint density at radius 1 is 0.844 bits per heavy atom. The zero-order valence-corrected chi connectivity index (χ0v) is 19.6. The van der Waals surface area contributed by atoms with Gasteiger partial charge in [-0.2, -0.15) is 0 Å². The van der Waals surface area contributed by atoms with Crippen molar-refractivity contribution in [1.29, 1.82) is 0 Å². The number of benzene rings is 3. The standard InChI is InChI=1S/C25H27N3O2S2/c1-2-3-17-30-22-13-9-20(10-14-22)26-24(29)18-32-23-15-11-21(12-16-23)28-25(31)27-19-7-5-4-6-8-19/h4-16H,2-3,17-18H2,1H3,(H,26,29)(H2,27,28,31). The van der Waals surface area contributed by atoms with E-state index in [0.29, 0.717) is 17.5 Å². The summed E-state index contributed by atoms with van der Waals surface area (Å²) in [5.74, 6) is 1.10. The highest BCUT2D eigenvalue weighted by Crippen LogP contribution is 2.22. The summed E-state index contributed by atoms with van der Waals surface area (Å²) in [5.41, 5.74) is 2.58. The summed E-state index contributed by atoms with van der Waals surface area (Å²) in [7, 11) is 0. The Morgan fingerprint density at radius 3 is 2.09 bits per heavy atom. The van der Waals surface area contributed by atoms with Crippen molar-refractivity contribution in [2.24, 2.45) is 0 Å². The molecule has 5 nitrogen and oxygen atoms in total. The van der Waals surface area contributed by atoms with E-state index < -0.39 is 0 Å². The Kier molecular flexibility index (Phi) is 9.40. The number of para-hydroxylation sites is 1. The second-order valence-electron chi connectivity index (χ2n) is 7.03. The molecule has 7 heteroatoms. The van der Waals surface area contributed by atoms with Crippen molar-refractivity contribution < 1.29 is 9.53 Å². The van der Waals surface area contributed by atoms with Crippen LogP contribution >= 0.6 is 24.0 Å². The SMILES string of the molecule is CCCCOc1ccc(NC(=O)CSc2ccc(NC(=S)Nc3ccccc3)cc2)cc1. The minimum Gasteiger partial charge on any atom is -0.494 e. The first-order valence-corrected chi connectivity index (χ1v) is 11.9. The zero-order valence-electron chi connectivity index (χ0n) is 18.0. The minimum atomic E-state index is -0.0508. The molecule has 0 spiro atoms. The van der Waals surface area contributed by atoms with E-state index in [2.05, 4.69) is 22.9 Å². The molecule has 0 radical (unpaired) electrons. The maximum atomic E-state index is 12.3. The van der Waals surface area contributed by atoms with Crippen molar-refractivity contribution in [3.8, 4) is 5.75 Å². The molecule has 0 aliphatic rings. The Balaban J connectivity index is 1.40. The highest BCUT2D eigenvalue weighted by Gasteiger charge is 2.05. The van der Waals surface area contributed by atoms with E-state index in [0.717, 1.165) is 40.5 Å². The molecular formula is C25H27N3O2S2.